The monoisotopic (exact) mass is 256 g/mol. The van der Waals surface area contributed by atoms with Gasteiger partial charge in [0.05, 0.1) is 11.9 Å². The molecule has 0 aliphatic heterocycles. The highest BCUT2D eigenvalue weighted by molar-refractivity contribution is 5.92. The number of amides is 1. The van der Waals surface area contributed by atoms with Gasteiger partial charge in [-0.2, -0.15) is 0 Å². The molecule has 5 heteroatoms. The van der Waals surface area contributed by atoms with Crippen molar-refractivity contribution < 1.29 is 4.79 Å². The van der Waals surface area contributed by atoms with Gasteiger partial charge in [0.25, 0.3) is 5.91 Å². The molecule has 1 aliphatic carbocycles. The fourth-order valence-electron chi connectivity index (χ4n) is 1.85. The van der Waals surface area contributed by atoms with Crippen molar-refractivity contribution in [1.82, 2.24) is 20.3 Å². The first-order chi connectivity index (χ1) is 9.13. The van der Waals surface area contributed by atoms with Gasteiger partial charge in [0.1, 0.15) is 0 Å². The van der Waals surface area contributed by atoms with E-state index in [1.807, 2.05) is 18.2 Å². The van der Waals surface area contributed by atoms with E-state index in [1.165, 1.54) is 11.1 Å². The van der Waals surface area contributed by atoms with Crippen LogP contribution < -0.4 is 5.32 Å². The van der Waals surface area contributed by atoms with Gasteiger partial charge in [-0.25, -0.2) is 4.68 Å². The topological polar surface area (TPSA) is 59.8 Å². The molecule has 0 bridgehead atoms. The molecule has 1 amide bonds. The molecule has 0 spiro atoms. The molecular weight excluding hydrogens is 240 g/mol. The molecule has 98 valence electrons. The van der Waals surface area contributed by atoms with E-state index in [1.54, 1.807) is 10.9 Å². The molecule has 0 saturated heterocycles. The lowest BCUT2D eigenvalue weighted by Crippen LogP contribution is -2.25. The summed E-state index contributed by atoms with van der Waals surface area (Å²) in [6, 6.07) is 6.38. The van der Waals surface area contributed by atoms with E-state index in [-0.39, 0.29) is 5.91 Å². The summed E-state index contributed by atoms with van der Waals surface area (Å²) in [5, 5.41) is 10.8. The minimum atomic E-state index is -0.141. The predicted molar refractivity (Wildman–Crippen MR) is 71.3 cm³/mol. The smallest absolute Gasteiger partial charge is 0.273 e. The van der Waals surface area contributed by atoms with Crippen molar-refractivity contribution in [2.75, 3.05) is 0 Å². The van der Waals surface area contributed by atoms with Gasteiger partial charge in [-0.1, -0.05) is 11.3 Å². The summed E-state index contributed by atoms with van der Waals surface area (Å²) in [7, 11) is 0. The third-order valence-corrected chi connectivity index (χ3v) is 3.39. The highest BCUT2D eigenvalue weighted by Gasteiger charge is 2.25. The van der Waals surface area contributed by atoms with Gasteiger partial charge in [0.2, 0.25) is 0 Å². The van der Waals surface area contributed by atoms with Crippen LogP contribution in [0.5, 0.6) is 0 Å². The molecule has 1 aromatic carbocycles. The van der Waals surface area contributed by atoms with Crippen molar-refractivity contribution in [2.45, 2.75) is 32.7 Å². The predicted octanol–water partition coefficient (Wildman–Crippen LogP) is 1.78. The fourth-order valence-corrected chi connectivity index (χ4v) is 1.85. The quantitative estimate of drug-likeness (QED) is 0.910. The number of rotatable bonds is 3. The fraction of sp³-hybridized carbons (Fsp3) is 0.357. The van der Waals surface area contributed by atoms with Crippen molar-refractivity contribution in [3.63, 3.8) is 0 Å². The molecule has 1 aliphatic rings. The van der Waals surface area contributed by atoms with Crippen molar-refractivity contribution in [1.29, 1.82) is 0 Å². The molecule has 1 heterocycles. The van der Waals surface area contributed by atoms with Crippen LogP contribution in [0.4, 0.5) is 0 Å². The second-order valence-electron chi connectivity index (χ2n) is 5.06. The largest absolute Gasteiger partial charge is 0.348 e. The lowest BCUT2D eigenvalue weighted by Gasteiger charge is -2.03. The third kappa shape index (κ3) is 2.50. The summed E-state index contributed by atoms with van der Waals surface area (Å²) in [6.07, 6.45) is 3.80. The van der Waals surface area contributed by atoms with Gasteiger partial charge in [-0.3, -0.25) is 4.79 Å². The van der Waals surface area contributed by atoms with Crippen LogP contribution >= 0.6 is 0 Å². The lowest BCUT2D eigenvalue weighted by molar-refractivity contribution is 0.0946. The number of hydrogen-bond acceptors (Lipinski definition) is 3. The van der Waals surface area contributed by atoms with Gasteiger partial charge >= 0.3 is 0 Å². The van der Waals surface area contributed by atoms with Crippen molar-refractivity contribution >= 4 is 5.91 Å². The summed E-state index contributed by atoms with van der Waals surface area (Å²) in [5.41, 5.74) is 3.71. The molecule has 1 aromatic heterocycles. The molecule has 1 saturated carbocycles. The van der Waals surface area contributed by atoms with Crippen LogP contribution in [0.2, 0.25) is 0 Å². The molecule has 1 N–H and O–H groups in total. The number of carbonyl (C=O) groups excluding carboxylic acids is 1. The molecule has 0 atom stereocenters. The number of nitrogens with one attached hydrogen (secondary N) is 1. The van der Waals surface area contributed by atoms with E-state index < -0.39 is 0 Å². The Morgan fingerprint density at radius 1 is 1.32 bits per heavy atom. The van der Waals surface area contributed by atoms with Crippen LogP contribution in [0.3, 0.4) is 0 Å². The van der Waals surface area contributed by atoms with E-state index in [0.29, 0.717) is 11.7 Å². The number of hydrogen-bond donors (Lipinski definition) is 1. The van der Waals surface area contributed by atoms with Crippen molar-refractivity contribution in [3.8, 4) is 5.69 Å². The maximum atomic E-state index is 11.8. The van der Waals surface area contributed by atoms with Crippen molar-refractivity contribution in [2.24, 2.45) is 0 Å². The SMILES string of the molecule is Cc1ccc(-n2cc(C(=O)NC3CC3)nn2)cc1C. The molecule has 2 aromatic rings. The Hall–Kier alpha value is -2.17. The highest BCUT2D eigenvalue weighted by Crippen LogP contribution is 2.19. The van der Waals surface area contributed by atoms with E-state index in [0.717, 1.165) is 18.5 Å². The van der Waals surface area contributed by atoms with Gasteiger partial charge in [0, 0.05) is 6.04 Å². The maximum Gasteiger partial charge on any atom is 0.273 e. The van der Waals surface area contributed by atoms with E-state index in [2.05, 4.69) is 29.5 Å². The van der Waals surface area contributed by atoms with E-state index in [4.69, 9.17) is 0 Å². The highest BCUT2D eigenvalue weighted by atomic mass is 16.2. The first-order valence-corrected chi connectivity index (χ1v) is 6.44. The molecule has 0 unspecified atom stereocenters. The number of benzene rings is 1. The second-order valence-corrected chi connectivity index (χ2v) is 5.06. The number of aryl methyl sites for hydroxylation is 2. The Balaban J connectivity index is 1.83. The van der Waals surface area contributed by atoms with E-state index >= 15 is 0 Å². The minimum Gasteiger partial charge on any atom is -0.348 e. The van der Waals surface area contributed by atoms with Crippen LogP contribution in [-0.4, -0.2) is 26.9 Å². The number of nitrogens with zero attached hydrogens (tertiary/aromatic N) is 3. The van der Waals surface area contributed by atoms with Gasteiger partial charge in [0.15, 0.2) is 5.69 Å². The molecule has 0 radical (unpaired) electrons. The molecule has 3 rings (SSSR count). The third-order valence-electron chi connectivity index (χ3n) is 3.39. The van der Waals surface area contributed by atoms with Crippen LogP contribution in [-0.2, 0) is 0 Å². The zero-order valence-electron chi connectivity index (χ0n) is 11.1. The number of carbonyl (C=O) groups is 1. The Kier molecular flexibility index (Phi) is 2.81. The first kappa shape index (κ1) is 11.9. The zero-order valence-corrected chi connectivity index (χ0v) is 11.1. The normalized spacial score (nSPS) is 14.4. The molecule has 1 fully saturated rings. The average molecular weight is 256 g/mol. The zero-order chi connectivity index (χ0) is 13.4. The van der Waals surface area contributed by atoms with Crippen LogP contribution in [0.15, 0.2) is 24.4 Å². The summed E-state index contributed by atoms with van der Waals surface area (Å²) in [6.45, 7) is 4.12. The van der Waals surface area contributed by atoms with E-state index in [9.17, 15) is 4.79 Å². The maximum absolute atomic E-state index is 11.8. The first-order valence-electron chi connectivity index (χ1n) is 6.44. The summed E-state index contributed by atoms with van der Waals surface area (Å²) in [5.74, 6) is -0.141. The van der Waals surface area contributed by atoms with Gasteiger partial charge < -0.3 is 5.32 Å². The Bertz CT molecular complexity index is 628. The average Bonchev–Trinajstić information content (AvgIpc) is 3.06. The summed E-state index contributed by atoms with van der Waals surface area (Å²) >= 11 is 0. The lowest BCUT2D eigenvalue weighted by atomic mass is 10.1. The second kappa shape index (κ2) is 4.50. The summed E-state index contributed by atoms with van der Waals surface area (Å²) in [4.78, 5) is 11.8. The van der Waals surface area contributed by atoms with Crippen LogP contribution in [0.25, 0.3) is 5.69 Å². The molecule has 19 heavy (non-hydrogen) atoms. The Morgan fingerprint density at radius 3 is 2.79 bits per heavy atom. The summed E-state index contributed by atoms with van der Waals surface area (Å²) < 4.78 is 1.63. The Morgan fingerprint density at radius 2 is 2.11 bits per heavy atom. The van der Waals surface area contributed by atoms with Gasteiger partial charge in [-0.15, -0.1) is 5.10 Å². The Labute approximate surface area is 111 Å². The molecular formula is C14H16N4O. The van der Waals surface area contributed by atoms with Crippen LogP contribution in [0.1, 0.15) is 34.5 Å². The molecule has 5 nitrogen and oxygen atoms in total. The van der Waals surface area contributed by atoms with Crippen molar-refractivity contribution in [3.05, 3.63) is 41.2 Å². The minimum absolute atomic E-state index is 0.141. The van der Waals surface area contributed by atoms with Crippen LogP contribution in [0, 0.1) is 13.8 Å². The standard InChI is InChI=1S/C14H16N4O/c1-9-3-6-12(7-10(9)2)18-8-13(16-17-18)14(19)15-11-4-5-11/h3,6-8,11H,4-5H2,1-2H3,(H,15,19). The van der Waals surface area contributed by atoms with Gasteiger partial charge in [-0.05, 0) is 49.9 Å². The number of aromatic nitrogens is 3.